The highest BCUT2D eigenvalue weighted by Crippen LogP contribution is 2.54. The lowest BCUT2D eigenvalue weighted by Gasteiger charge is -2.20. The molecule has 3 heteroatoms. The Morgan fingerprint density at radius 3 is 0.780 bits per heavy atom. The summed E-state index contributed by atoms with van der Waals surface area (Å²) >= 11 is 0. The van der Waals surface area contributed by atoms with Crippen molar-refractivity contribution in [3.8, 4) is 100 Å². The van der Waals surface area contributed by atoms with E-state index < -0.39 is 0 Å². The molecule has 0 unspecified atom stereocenters. The Morgan fingerprint density at radius 1 is 0.0993 bits per heavy atom. The molecule has 0 aliphatic carbocycles. The minimum Gasteiger partial charge on any atom is -0.456 e. The number of rotatable bonds is 9. The molecule has 0 amide bonds. The third-order valence-electron chi connectivity index (χ3n) is 29.5. The molecule has 0 atom stereocenters. The maximum absolute atomic E-state index is 6.66. The van der Waals surface area contributed by atoms with Gasteiger partial charge in [-0.25, -0.2) is 0 Å². The van der Waals surface area contributed by atoms with E-state index in [1.54, 1.807) is 0 Å². The van der Waals surface area contributed by atoms with Gasteiger partial charge in [-0.05, 0) is 285 Å². The van der Waals surface area contributed by atoms with Crippen LogP contribution in [0.5, 0.6) is 0 Å². The predicted octanol–water partition coefficient (Wildman–Crippen LogP) is 39.6. The van der Waals surface area contributed by atoms with Crippen LogP contribution in [0.3, 0.4) is 0 Å². The number of hydrogen-bond acceptors (Lipinski definition) is 3. The summed E-state index contributed by atoms with van der Waals surface area (Å²) in [6.45, 7) is 0. The highest BCUT2D eigenvalue weighted by atomic mass is 16.3. The molecule has 0 aliphatic heterocycles. The van der Waals surface area contributed by atoms with Crippen molar-refractivity contribution in [2.75, 3.05) is 0 Å². The number of para-hydroxylation sites is 3. The molecule has 0 fully saturated rings. The van der Waals surface area contributed by atoms with E-state index >= 15 is 0 Å². The topological polar surface area (TPSA) is 39.4 Å². The average molecular weight is 1790 g/mol. The summed E-state index contributed by atoms with van der Waals surface area (Å²) in [5, 5.41) is 36.6. The smallest absolute Gasteiger partial charge is 0.143 e. The molecule has 0 radical (unpaired) electrons. The first-order chi connectivity index (χ1) is 69.9. The summed E-state index contributed by atoms with van der Waals surface area (Å²) in [4.78, 5) is 0. The molecule has 30 rings (SSSR count). The van der Waals surface area contributed by atoms with Crippen LogP contribution in [0.4, 0.5) is 0 Å². The predicted molar refractivity (Wildman–Crippen MR) is 600 cm³/mol. The highest BCUT2D eigenvalue weighted by molar-refractivity contribution is 6.29. The molecule has 27 aromatic carbocycles. The van der Waals surface area contributed by atoms with E-state index in [0.29, 0.717) is 0 Å². The van der Waals surface area contributed by atoms with Crippen LogP contribution in [-0.2, 0) is 0 Å². The quantitative estimate of drug-likeness (QED) is 0.135. The molecule has 0 N–H and O–H groups in total. The van der Waals surface area contributed by atoms with E-state index in [9.17, 15) is 0 Å². The normalized spacial score (nSPS) is 11.8. The maximum atomic E-state index is 6.66. The Hall–Kier alpha value is -18.5. The van der Waals surface area contributed by atoms with Crippen LogP contribution in [0, 0.1) is 0 Å². The molecular weight excluding hydrogens is 1710 g/mol. The van der Waals surface area contributed by atoms with Gasteiger partial charge in [0.2, 0.25) is 0 Å². The van der Waals surface area contributed by atoms with E-state index in [2.05, 4.69) is 504 Å². The van der Waals surface area contributed by atoms with Gasteiger partial charge in [0.15, 0.2) is 0 Å². The summed E-state index contributed by atoms with van der Waals surface area (Å²) < 4.78 is 19.8. The lowest BCUT2D eigenvalue weighted by atomic mass is 9.82. The van der Waals surface area contributed by atoms with E-state index in [-0.39, 0.29) is 0 Å². The summed E-state index contributed by atoms with van der Waals surface area (Å²) in [6, 6.07) is 185. The van der Waals surface area contributed by atoms with Gasteiger partial charge in [-0.1, -0.05) is 443 Å². The average Bonchev–Trinajstić information content (AvgIpc) is 1.72. The fourth-order valence-electron chi connectivity index (χ4n) is 23.2. The van der Waals surface area contributed by atoms with Gasteiger partial charge in [-0.3, -0.25) is 0 Å². The first kappa shape index (κ1) is 80.9. The highest BCUT2D eigenvalue weighted by Gasteiger charge is 2.27. The van der Waals surface area contributed by atoms with E-state index in [1.807, 2.05) is 6.07 Å². The second-order valence-corrected chi connectivity index (χ2v) is 37.3. The summed E-state index contributed by atoms with van der Waals surface area (Å²) in [6.07, 6.45) is 0. The molecule has 0 bridgehead atoms. The molecule has 0 spiro atoms. The van der Waals surface area contributed by atoms with Crippen LogP contribution in [0.25, 0.3) is 295 Å². The Bertz CT molecular complexity index is 10200. The Kier molecular flexibility index (Phi) is 19.0. The van der Waals surface area contributed by atoms with E-state index in [1.165, 1.54) is 218 Å². The molecule has 654 valence electrons. The van der Waals surface area contributed by atoms with Crippen LogP contribution in [0.1, 0.15) is 0 Å². The zero-order valence-electron chi connectivity index (χ0n) is 76.7. The van der Waals surface area contributed by atoms with Crippen LogP contribution >= 0.6 is 0 Å². The Morgan fingerprint density at radius 2 is 0.362 bits per heavy atom. The number of benzene rings is 27. The third kappa shape index (κ3) is 13.4. The molecule has 0 saturated carbocycles. The monoisotopic (exact) mass is 1790 g/mol. The van der Waals surface area contributed by atoms with Crippen molar-refractivity contribution < 1.29 is 13.3 Å². The van der Waals surface area contributed by atoms with Crippen LogP contribution in [0.15, 0.2) is 523 Å². The van der Waals surface area contributed by atoms with Gasteiger partial charge in [0.05, 0.1) is 0 Å². The lowest BCUT2D eigenvalue weighted by molar-refractivity contribution is 0.669. The van der Waals surface area contributed by atoms with Gasteiger partial charge in [0.25, 0.3) is 0 Å². The second-order valence-electron chi connectivity index (χ2n) is 37.3. The van der Waals surface area contributed by atoms with Crippen LogP contribution < -0.4 is 0 Å². The third-order valence-corrected chi connectivity index (χ3v) is 29.5. The minimum absolute atomic E-state index is 0.901. The van der Waals surface area contributed by atoms with Crippen molar-refractivity contribution in [2.45, 2.75) is 0 Å². The maximum Gasteiger partial charge on any atom is 0.143 e. The van der Waals surface area contributed by atoms with Crippen molar-refractivity contribution in [1.82, 2.24) is 0 Å². The first-order valence-electron chi connectivity index (χ1n) is 48.5. The van der Waals surface area contributed by atoms with E-state index in [0.717, 1.165) is 76.9 Å². The van der Waals surface area contributed by atoms with Crippen molar-refractivity contribution in [3.05, 3.63) is 510 Å². The SMILES string of the molecule is c1ccc2cc(-c3c4ccccc4c(-c4cc(-c5cccc6ccccc56)c5oc6ccccc6c5c4)c4ccccc34)ccc2c1.c1ccc2cc(-c3c4ccccc4c(-c4cc5c(cc4-c4cccc6ccccc46)oc4ccccc45)c4ccccc34)ccc2c1.c1ccc2cc(-c3c4ccccc4c(-c4ccc5oc6c(-c7cccc8ccccc78)cccc6c5c4)c4ccccc34)ccc2c1. The Balaban J connectivity index is 0.000000104. The fraction of sp³-hybridized carbons (Fsp3) is 0. The fourth-order valence-corrected chi connectivity index (χ4v) is 23.2. The standard InChI is InChI=1S/3C46H28O/c1-2-13-31-27-32(24-23-29(31)11-1)44-36-16-5-7-18-38(36)45(39-19-8-6-17-37(39)44)33-25-26-43-42(28-33)41-22-10-21-40(46(41)47-43)35-20-9-14-30-12-3-4-15-34(30)35;1-2-14-31-26-32(25-24-29(31)12-1)44-37-18-5-7-20-39(37)45(40-21-8-6-19-38(40)44)33-27-41(35-22-11-15-30-13-3-4-16-34(30)35)46-42(28-33)36-17-9-10-23-43(36)47-46;1-2-14-31-26-32(25-24-29(31)12-1)45-36-18-5-7-20-38(36)46(39-21-8-6-19-37(39)45)42-27-41-35-17-9-10-23-43(35)47-44(41)28-40(42)34-22-11-15-30-13-3-4-16-33(30)34/h3*1-28H. The number of fused-ring (bicyclic) bond motifs is 21. The zero-order valence-corrected chi connectivity index (χ0v) is 76.7. The molecule has 30 aromatic rings. The number of furan rings is 3. The van der Waals surface area contributed by atoms with Crippen molar-refractivity contribution >= 4 is 195 Å². The minimum atomic E-state index is 0.901. The molecule has 0 aliphatic rings. The van der Waals surface area contributed by atoms with Gasteiger partial charge in [0.1, 0.15) is 33.5 Å². The molecule has 3 nitrogen and oxygen atoms in total. The van der Waals surface area contributed by atoms with Gasteiger partial charge in [-0.2, -0.15) is 0 Å². The number of hydrogen-bond donors (Lipinski definition) is 0. The van der Waals surface area contributed by atoms with Gasteiger partial charge >= 0.3 is 0 Å². The summed E-state index contributed by atoms with van der Waals surface area (Å²) in [5.41, 5.74) is 27.3. The van der Waals surface area contributed by atoms with Crippen LogP contribution in [-0.4, -0.2) is 0 Å². The van der Waals surface area contributed by atoms with E-state index in [4.69, 9.17) is 13.3 Å². The zero-order chi connectivity index (χ0) is 92.7. The van der Waals surface area contributed by atoms with Crippen molar-refractivity contribution in [2.24, 2.45) is 0 Å². The van der Waals surface area contributed by atoms with Crippen molar-refractivity contribution in [1.29, 1.82) is 0 Å². The molecule has 3 heterocycles. The van der Waals surface area contributed by atoms with Crippen molar-refractivity contribution in [3.63, 3.8) is 0 Å². The Labute approximate surface area is 812 Å². The molecule has 141 heavy (non-hydrogen) atoms. The van der Waals surface area contributed by atoms with Gasteiger partial charge < -0.3 is 13.3 Å². The first-order valence-corrected chi connectivity index (χ1v) is 48.5. The summed E-state index contributed by atoms with van der Waals surface area (Å²) in [5.74, 6) is 0. The summed E-state index contributed by atoms with van der Waals surface area (Å²) in [7, 11) is 0. The molecule has 3 aromatic heterocycles. The largest absolute Gasteiger partial charge is 0.456 e. The van der Waals surface area contributed by atoms with Crippen LogP contribution in [0.2, 0.25) is 0 Å². The van der Waals surface area contributed by atoms with Gasteiger partial charge in [-0.15, -0.1) is 0 Å². The molecule has 0 saturated heterocycles. The van der Waals surface area contributed by atoms with Gasteiger partial charge in [0, 0.05) is 43.4 Å². The molecular formula is C138H84O3. The lowest BCUT2D eigenvalue weighted by Crippen LogP contribution is -1.93. The second kappa shape index (κ2) is 33.2.